The van der Waals surface area contributed by atoms with Gasteiger partial charge in [0.1, 0.15) is 0 Å². The Morgan fingerprint density at radius 1 is 1.25 bits per heavy atom. The van der Waals surface area contributed by atoms with Gasteiger partial charge in [0, 0.05) is 10.0 Å². The van der Waals surface area contributed by atoms with Crippen LogP contribution < -0.4 is 9.47 Å². The summed E-state index contributed by atoms with van der Waals surface area (Å²) in [6.45, 7) is 4.77. The van der Waals surface area contributed by atoms with Crippen molar-refractivity contribution in [1.82, 2.24) is 0 Å². The van der Waals surface area contributed by atoms with Crippen LogP contribution in [0.5, 0.6) is 11.5 Å². The summed E-state index contributed by atoms with van der Waals surface area (Å²) >= 11 is 5.58. The molecule has 146 valence electrons. The number of carbonyl (C=O) groups is 1. The largest absolute Gasteiger partial charge is 0.493 e. The highest BCUT2D eigenvalue weighted by Crippen LogP contribution is 2.35. The van der Waals surface area contributed by atoms with Gasteiger partial charge in [-0.3, -0.25) is 0 Å². The van der Waals surface area contributed by atoms with Gasteiger partial charge in [-0.25, -0.2) is 9.79 Å². The number of carbonyl (C=O) groups excluding carboxylic acids is 1. The first-order valence-electron chi connectivity index (χ1n) is 8.66. The molecule has 1 heterocycles. The molecule has 0 atom stereocenters. The molecule has 0 N–H and O–H groups in total. The lowest BCUT2D eigenvalue weighted by atomic mass is 10.1. The highest BCUT2D eigenvalue weighted by Gasteiger charge is 2.24. The Labute approximate surface area is 186 Å². The first-order valence-corrected chi connectivity index (χ1v) is 10.5. The van der Waals surface area contributed by atoms with Crippen LogP contribution in [0.2, 0.25) is 0 Å². The Bertz CT molecular complexity index is 952. The van der Waals surface area contributed by atoms with Crippen LogP contribution in [-0.2, 0) is 9.53 Å². The molecule has 0 unspecified atom stereocenters. The van der Waals surface area contributed by atoms with E-state index in [1.807, 2.05) is 36.4 Å². The minimum atomic E-state index is -0.480. The molecule has 0 amide bonds. The smallest absolute Gasteiger partial charge is 0.363 e. The highest BCUT2D eigenvalue weighted by molar-refractivity contribution is 14.1. The van der Waals surface area contributed by atoms with Crippen LogP contribution in [-0.4, -0.2) is 25.6 Å². The summed E-state index contributed by atoms with van der Waals surface area (Å²) in [6.07, 6.45) is 1.69. The summed E-state index contributed by atoms with van der Waals surface area (Å²) in [5, 5.41) is 0. The molecule has 5 nitrogen and oxygen atoms in total. The summed E-state index contributed by atoms with van der Waals surface area (Å²) < 4.78 is 18.5. The second-order valence-corrected chi connectivity index (χ2v) is 8.66. The molecular weight excluding hydrogens is 537 g/mol. The first kappa shape index (κ1) is 20.9. The molecule has 2 aromatic carbocycles. The van der Waals surface area contributed by atoms with Gasteiger partial charge >= 0.3 is 5.97 Å². The fraction of sp³-hybridized carbons (Fsp3) is 0.238. The topological polar surface area (TPSA) is 57.1 Å². The van der Waals surface area contributed by atoms with E-state index in [2.05, 4.69) is 57.4 Å². The molecule has 0 spiro atoms. The predicted octanol–water partition coefficient (Wildman–Crippen LogP) is 5.44. The number of benzene rings is 2. The molecule has 0 aromatic heterocycles. The van der Waals surface area contributed by atoms with Crippen LogP contribution in [0.3, 0.4) is 0 Å². The van der Waals surface area contributed by atoms with Crippen LogP contribution in [0.4, 0.5) is 0 Å². The minimum absolute atomic E-state index is 0.242. The molecule has 0 radical (unpaired) electrons. The second kappa shape index (κ2) is 9.09. The Hall–Kier alpha value is -1.87. The number of ether oxygens (including phenoxy) is 3. The molecular formula is C21H19BrINO4. The Balaban J connectivity index is 1.91. The third-order valence-electron chi connectivity index (χ3n) is 3.83. The summed E-state index contributed by atoms with van der Waals surface area (Å²) in [4.78, 5) is 16.6. The molecule has 1 aliphatic rings. The van der Waals surface area contributed by atoms with Gasteiger partial charge in [0.15, 0.2) is 17.2 Å². The van der Waals surface area contributed by atoms with Gasteiger partial charge in [-0.15, -0.1) is 0 Å². The summed E-state index contributed by atoms with van der Waals surface area (Å²) in [7, 11) is 1.60. The van der Waals surface area contributed by atoms with E-state index in [4.69, 9.17) is 14.2 Å². The van der Waals surface area contributed by atoms with Crippen LogP contribution in [0, 0.1) is 9.49 Å². The van der Waals surface area contributed by atoms with E-state index in [1.54, 1.807) is 13.2 Å². The molecule has 0 saturated carbocycles. The monoisotopic (exact) mass is 555 g/mol. The lowest BCUT2D eigenvalue weighted by Crippen LogP contribution is -2.07. The lowest BCUT2D eigenvalue weighted by Gasteiger charge is -2.15. The number of hydrogen-bond acceptors (Lipinski definition) is 5. The van der Waals surface area contributed by atoms with E-state index in [-0.39, 0.29) is 5.70 Å². The quantitative estimate of drug-likeness (QED) is 0.270. The van der Waals surface area contributed by atoms with E-state index >= 15 is 0 Å². The molecule has 0 saturated heterocycles. The molecule has 1 aliphatic heterocycles. The first-order chi connectivity index (χ1) is 13.4. The Morgan fingerprint density at radius 2 is 1.96 bits per heavy atom. The molecule has 0 fully saturated rings. The van der Waals surface area contributed by atoms with Gasteiger partial charge in [0.25, 0.3) is 0 Å². The highest BCUT2D eigenvalue weighted by atomic mass is 127. The minimum Gasteiger partial charge on any atom is -0.493 e. The molecule has 28 heavy (non-hydrogen) atoms. The van der Waals surface area contributed by atoms with Gasteiger partial charge in [-0.05, 0) is 76.5 Å². The summed E-state index contributed by atoms with van der Waals surface area (Å²) in [5.41, 5.74) is 1.77. The van der Waals surface area contributed by atoms with Crippen molar-refractivity contribution < 1.29 is 19.0 Å². The average Bonchev–Trinajstić information content (AvgIpc) is 3.01. The molecule has 3 rings (SSSR count). The summed E-state index contributed by atoms with van der Waals surface area (Å²) in [5.74, 6) is 1.53. The van der Waals surface area contributed by atoms with Crippen molar-refractivity contribution in [2.24, 2.45) is 10.9 Å². The van der Waals surface area contributed by atoms with Gasteiger partial charge < -0.3 is 14.2 Å². The molecule has 2 aromatic rings. The maximum absolute atomic E-state index is 12.2. The molecule has 0 aliphatic carbocycles. The number of methoxy groups -OCH3 is 1. The third-order valence-corrected chi connectivity index (χ3v) is 5.16. The van der Waals surface area contributed by atoms with E-state index in [0.717, 1.165) is 19.2 Å². The average molecular weight is 556 g/mol. The number of esters is 1. The molecule has 0 bridgehead atoms. The maximum atomic E-state index is 12.2. The second-order valence-electron chi connectivity index (χ2n) is 6.58. The van der Waals surface area contributed by atoms with Gasteiger partial charge in [-0.1, -0.05) is 29.8 Å². The van der Waals surface area contributed by atoms with E-state index in [0.29, 0.717) is 29.9 Å². The van der Waals surface area contributed by atoms with Crippen molar-refractivity contribution in [1.29, 1.82) is 0 Å². The Morgan fingerprint density at radius 3 is 2.61 bits per heavy atom. The van der Waals surface area contributed by atoms with Crippen molar-refractivity contribution in [3.05, 3.63) is 61.3 Å². The van der Waals surface area contributed by atoms with Gasteiger partial charge in [-0.2, -0.15) is 0 Å². The number of rotatable bonds is 6. The standard InChI is InChI=1S/C21H19BrINO4/c1-12(2)11-27-19-16(23)8-13(10-18(19)26-3)9-17-21(25)28-20(24-17)14-4-6-15(22)7-5-14/h4-10,12H,11H2,1-3H3/b17-9-. The van der Waals surface area contributed by atoms with Gasteiger partial charge in [0.2, 0.25) is 5.90 Å². The number of cyclic esters (lactones) is 1. The predicted molar refractivity (Wildman–Crippen MR) is 121 cm³/mol. The fourth-order valence-corrected chi connectivity index (χ4v) is 3.54. The van der Waals surface area contributed by atoms with Crippen LogP contribution >= 0.6 is 38.5 Å². The van der Waals surface area contributed by atoms with Gasteiger partial charge in [0.05, 0.1) is 17.3 Å². The van der Waals surface area contributed by atoms with Crippen molar-refractivity contribution in [3.8, 4) is 11.5 Å². The van der Waals surface area contributed by atoms with Crippen LogP contribution in [0.1, 0.15) is 25.0 Å². The number of halogens is 2. The van der Waals surface area contributed by atoms with E-state index in [1.165, 1.54) is 0 Å². The number of hydrogen-bond donors (Lipinski definition) is 0. The van der Waals surface area contributed by atoms with Crippen molar-refractivity contribution in [2.45, 2.75) is 13.8 Å². The van der Waals surface area contributed by atoms with Crippen molar-refractivity contribution >= 4 is 56.5 Å². The number of aliphatic imine (C=N–C) groups is 1. The summed E-state index contributed by atoms with van der Waals surface area (Å²) in [6, 6.07) is 11.2. The Kier molecular flexibility index (Phi) is 6.77. The maximum Gasteiger partial charge on any atom is 0.363 e. The number of nitrogens with zero attached hydrogens (tertiary/aromatic N) is 1. The van der Waals surface area contributed by atoms with E-state index in [9.17, 15) is 4.79 Å². The zero-order chi connectivity index (χ0) is 20.3. The van der Waals surface area contributed by atoms with Crippen molar-refractivity contribution in [3.63, 3.8) is 0 Å². The SMILES string of the molecule is COc1cc(/C=C2\N=C(c3ccc(Br)cc3)OC2=O)cc(I)c1OCC(C)C. The van der Waals surface area contributed by atoms with Crippen LogP contribution in [0.25, 0.3) is 6.08 Å². The van der Waals surface area contributed by atoms with Crippen molar-refractivity contribution in [2.75, 3.05) is 13.7 Å². The van der Waals surface area contributed by atoms with Crippen LogP contribution in [0.15, 0.2) is 51.6 Å². The lowest BCUT2D eigenvalue weighted by molar-refractivity contribution is -0.129. The zero-order valence-corrected chi connectivity index (χ0v) is 19.4. The third kappa shape index (κ3) is 4.94. The fourth-order valence-electron chi connectivity index (χ4n) is 2.50. The zero-order valence-electron chi connectivity index (χ0n) is 15.7. The van der Waals surface area contributed by atoms with E-state index < -0.39 is 5.97 Å². The normalized spacial score (nSPS) is 15.0. The molecule has 7 heteroatoms.